The fraction of sp³-hybridized carbons (Fsp3) is 0.421. The number of aromatic amines is 1. The van der Waals surface area contributed by atoms with Crippen LogP contribution in [0.5, 0.6) is 0 Å². The van der Waals surface area contributed by atoms with Gasteiger partial charge in [-0.1, -0.05) is 30.2 Å². The van der Waals surface area contributed by atoms with Crippen molar-refractivity contribution in [3.8, 4) is 0 Å². The lowest BCUT2D eigenvalue weighted by Crippen LogP contribution is -2.53. The van der Waals surface area contributed by atoms with Crippen LogP contribution < -0.4 is 5.56 Å². The van der Waals surface area contributed by atoms with Crippen LogP contribution in [-0.4, -0.2) is 27.3 Å². The molecule has 1 aromatic heterocycles. The van der Waals surface area contributed by atoms with Crippen LogP contribution in [0.3, 0.4) is 0 Å². The number of rotatable bonds is 2. The van der Waals surface area contributed by atoms with Gasteiger partial charge < -0.3 is 9.88 Å². The molecule has 0 unspecified atom stereocenters. The average molecular weight is 358 g/mol. The van der Waals surface area contributed by atoms with Gasteiger partial charge >= 0.3 is 0 Å². The first-order valence-corrected chi connectivity index (χ1v) is 9.01. The summed E-state index contributed by atoms with van der Waals surface area (Å²) in [4.78, 5) is 34.6. The number of carbonyl (C=O) groups is 1. The van der Waals surface area contributed by atoms with Crippen molar-refractivity contribution in [3.63, 3.8) is 0 Å². The summed E-state index contributed by atoms with van der Waals surface area (Å²) in [5.74, 6) is 0.742. The van der Waals surface area contributed by atoms with E-state index in [1.165, 1.54) is 0 Å². The SMILES string of the molecule is Cc1nc2c(c(=O)[nH]1)CN(C(=O)C1(c3ccc(Cl)cc3)CCC1)CC2. The maximum Gasteiger partial charge on any atom is 0.256 e. The van der Waals surface area contributed by atoms with Crippen LogP contribution in [0.15, 0.2) is 29.1 Å². The predicted octanol–water partition coefficient (Wildman–Crippen LogP) is 2.74. The Morgan fingerprint density at radius 2 is 2.00 bits per heavy atom. The van der Waals surface area contributed by atoms with Gasteiger partial charge in [-0.05, 0) is 37.5 Å². The summed E-state index contributed by atoms with van der Waals surface area (Å²) in [6.07, 6.45) is 3.36. The summed E-state index contributed by atoms with van der Waals surface area (Å²) in [5, 5.41) is 0.672. The third kappa shape index (κ3) is 2.67. The Hall–Kier alpha value is -2.14. The van der Waals surface area contributed by atoms with Crippen molar-refractivity contribution in [3.05, 3.63) is 62.3 Å². The van der Waals surface area contributed by atoms with Crippen LogP contribution in [0.1, 0.15) is 41.9 Å². The summed E-state index contributed by atoms with van der Waals surface area (Å²) in [6.45, 7) is 2.73. The second-order valence-corrected chi connectivity index (χ2v) is 7.43. The molecule has 1 fully saturated rings. The van der Waals surface area contributed by atoms with Gasteiger partial charge in [0.25, 0.3) is 5.56 Å². The zero-order chi connectivity index (χ0) is 17.6. The first kappa shape index (κ1) is 16.3. The number of benzene rings is 1. The van der Waals surface area contributed by atoms with E-state index in [4.69, 9.17) is 11.6 Å². The number of halogens is 1. The minimum absolute atomic E-state index is 0.117. The van der Waals surface area contributed by atoms with Gasteiger partial charge in [0.05, 0.1) is 23.2 Å². The van der Waals surface area contributed by atoms with Crippen LogP contribution in [0.25, 0.3) is 0 Å². The molecule has 0 spiro atoms. The Morgan fingerprint density at radius 1 is 1.28 bits per heavy atom. The summed E-state index contributed by atoms with van der Waals surface area (Å²) < 4.78 is 0. The smallest absolute Gasteiger partial charge is 0.256 e. The van der Waals surface area contributed by atoms with Gasteiger partial charge in [-0.2, -0.15) is 0 Å². The highest BCUT2D eigenvalue weighted by atomic mass is 35.5. The molecule has 130 valence electrons. The molecular weight excluding hydrogens is 338 g/mol. The first-order valence-electron chi connectivity index (χ1n) is 8.64. The van der Waals surface area contributed by atoms with Gasteiger partial charge in [-0.15, -0.1) is 0 Å². The highest BCUT2D eigenvalue weighted by molar-refractivity contribution is 6.30. The Bertz CT molecular complexity index is 885. The molecular formula is C19H20ClN3O2. The van der Waals surface area contributed by atoms with Crippen molar-refractivity contribution in [2.75, 3.05) is 6.54 Å². The van der Waals surface area contributed by atoms with Crippen molar-refractivity contribution in [2.45, 2.75) is 44.6 Å². The van der Waals surface area contributed by atoms with Crippen molar-refractivity contribution in [1.29, 1.82) is 0 Å². The van der Waals surface area contributed by atoms with E-state index in [1.807, 2.05) is 29.2 Å². The first-order chi connectivity index (χ1) is 12.0. The van der Waals surface area contributed by atoms with Gasteiger partial charge in [-0.25, -0.2) is 4.98 Å². The monoisotopic (exact) mass is 357 g/mol. The zero-order valence-corrected chi connectivity index (χ0v) is 14.9. The number of aromatic nitrogens is 2. The molecule has 1 saturated carbocycles. The largest absolute Gasteiger partial charge is 0.337 e. The molecule has 0 bridgehead atoms. The van der Waals surface area contributed by atoms with Gasteiger partial charge in [0.15, 0.2) is 0 Å². The Morgan fingerprint density at radius 3 is 2.64 bits per heavy atom. The summed E-state index contributed by atoms with van der Waals surface area (Å²) in [6, 6.07) is 7.59. The lowest BCUT2D eigenvalue weighted by molar-refractivity contribution is -0.142. The fourth-order valence-electron chi connectivity index (χ4n) is 3.95. The molecule has 1 aromatic carbocycles. The van der Waals surface area contributed by atoms with E-state index >= 15 is 0 Å². The minimum atomic E-state index is -0.465. The fourth-order valence-corrected chi connectivity index (χ4v) is 4.08. The van der Waals surface area contributed by atoms with Crippen molar-refractivity contribution >= 4 is 17.5 Å². The Balaban J connectivity index is 1.64. The van der Waals surface area contributed by atoms with Crippen LogP contribution in [0.4, 0.5) is 0 Å². The average Bonchev–Trinajstić information content (AvgIpc) is 2.55. The molecule has 0 atom stereocenters. The molecule has 1 amide bonds. The van der Waals surface area contributed by atoms with E-state index in [0.717, 1.165) is 30.5 Å². The normalized spacial score (nSPS) is 18.4. The molecule has 1 N–H and O–H groups in total. The standard InChI is InChI=1S/C19H20ClN3O2/c1-12-21-16-7-10-23(11-15(16)17(24)22-12)18(25)19(8-2-9-19)13-3-5-14(20)6-4-13/h3-6H,2,7-11H2,1H3,(H,21,22,24). The number of H-pyrrole nitrogens is 1. The number of fused-ring (bicyclic) bond motifs is 1. The third-order valence-corrected chi connectivity index (χ3v) is 5.74. The highest BCUT2D eigenvalue weighted by Gasteiger charge is 2.48. The molecule has 0 saturated heterocycles. The van der Waals surface area contributed by atoms with Crippen molar-refractivity contribution in [1.82, 2.24) is 14.9 Å². The number of aryl methyl sites for hydroxylation is 1. The number of amides is 1. The predicted molar refractivity (Wildman–Crippen MR) is 95.7 cm³/mol. The molecule has 5 nitrogen and oxygen atoms in total. The quantitative estimate of drug-likeness (QED) is 0.898. The third-order valence-electron chi connectivity index (χ3n) is 5.49. The van der Waals surface area contributed by atoms with Gasteiger partial charge in [0.1, 0.15) is 5.82 Å². The second kappa shape index (κ2) is 5.99. The van der Waals surface area contributed by atoms with E-state index < -0.39 is 5.41 Å². The molecule has 6 heteroatoms. The molecule has 2 aromatic rings. The lowest BCUT2D eigenvalue weighted by Gasteiger charge is -2.45. The van der Waals surface area contributed by atoms with Gasteiger partial charge in [0.2, 0.25) is 5.91 Å². The Kier molecular flexibility index (Phi) is 3.91. The molecule has 2 heterocycles. The van der Waals surface area contributed by atoms with Crippen molar-refractivity contribution < 1.29 is 4.79 Å². The van der Waals surface area contributed by atoms with Crippen LogP contribution in [0, 0.1) is 6.92 Å². The van der Waals surface area contributed by atoms with Crippen LogP contribution in [0.2, 0.25) is 5.02 Å². The van der Waals surface area contributed by atoms with Crippen molar-refractivity contribution in [2.24, 2.45) is 0 Å². The number of nitrogens with one attached hydrogen (secondary N) is 1. The molecule has 25 heavy (non-hydrogen) atoms. The summed E-state index contributed by atoms with van der Waals surface area (Å²) in [7, 11) is 0. The molecule has 1 aliphatic carbocycles. The van der Waals surface area contributed by atoms with Gasteiger partial charge in [-0.3, -0.25) is 9.59 Å². The van der Waals surface area contributed by atoms with Gasteiger partial charge in [0, 0.05) is 18.0 Å². The summed E-state index contributed by atoms with van der Waals surface area (Å²) >= 11 is 6.00. The van der Waals surface area contributed by atoms with E-state index in [1.54, 1.807) is 6.92 Å². The zero-order valence-electron chi connectivity index (χ0n) is 14.1. The summed E-state index contributed by atoms with van der Waals surface area (Å²) in [5.41, 5.74) is 1.87. The Labute approximate surface area is 151 Å². The number of carbonyl (C=O) groups excluding carboxylic acids is 1. The number of hydrogen-bond acceptors (Lipinski definition) is 3. The highest BCUT2D eigenvalue weighted by Crippen LogP contribution is 2.45. The molecule has 4 rings (SSSR count). The maximum absolute atomic E-state index is 13.3. The van der Waals surface area contributed by atoms with E-state index in [9.17, 15) is 9.59 Å². The van der Waals surface area contributed by atoms with E-state index in [-0.39, 0.29) is 11.5 Å². The molecule has 0 radical (unpaired) electrons. The number of hydrogen-bond donors (Lipinski definition) is 1. The lowest BCUT2D eigenvalue weighted by atomic mass is 9.63. The van der Waals surface area contributed by atoms with E-state index in [0.29, 0.717) is 35.9 Å². The molecule has 1 aliphatic heterocycles. The topological polar surface area (TPSA) is 66.1 Å². The van der Waals surface area contributed by atoms with E-state index in [2.05, 4.69) is 9.97 Å². The second-order valence-electron chi connectivity index (χ2n) is 7.00. The number of nitrogens with zero attached hydrogens (tertiary/aromatic N) is 2. The van der Waals surface area contributed by atoms with Crippen LogP contribution in [-0.2, 0) is 23.2 Å². The maximum atomic E-state index is 13.3. The minimum Gasteiger partial charge on any atom is -0.337 e. The van der Waals surface area contributed by atoms with Crippen LogP contribution >= 0.6 is 11.6 Å². The molecule has 2 aliphatic rings.